The van der Waals surface area contributed by atoms with Crippen LogP contribution in [0.15, 0.2) is 0 Å². The zero-order valence-corrected chi connectivity index (χ0v) is 11.9. The fourth-order valence-electron chi connectivity index (χ4n) is 0. The standard InChI is InChI=1S/Al.K.12H2O/h;;12*1H2/q+3;+1;;;;;;;;;;;;. The molecule has 0 aliphatic carbocycles. The van der Waals surface area contributed by atoms with Gasteiger partial charge >= 0.3 is 68.7 Å². The predicted molar refractivity (Wildman–Crippen MR) is 49.1 cm³/mol. The molecule has 0 rings (SSSR count). The molecule has 96 valence electrons. The van der Waals surface area contributed by atoms with Crippen LogP contribution in [0.1, 0.15) is 0 Å². The molecule has 0 amide bonds. The van der Waals surface area contributed by atoms with Crippen molar-refractivity contribution >= 4 is 17.4 Å². The van der Waals surface area contributed by atoms with E-state index in [1.54, 1.807) is 0 Å². The zero-order valence-electron chi connectivity index (χ0n) is 7.58. The van der Waals surface area contributed by atoms with Crippen molar-refractivity contribution in [3.05, 3.63) is 0 Å². The third kappa shape index (κ3) is 773. The molecule has 0 saturated heterocycles. The van der Waals surface area contributed by atoms with Crippen LogP contribution in [0.2, 0.25) is 0 Å². The smallest absolute Gasteiger partial charge is 0.412 e. The number of rotatable bonds is 0. The minimum absolute atomic E-state index is 0. The summed E-state index contributed by atoms with van der Waals surface area (Å²) in [7, 11) is 0. The molecule has 0 aliphatic rings. The first-order chi connectivity index (χ1) is 0. The molecular weight excluding hydrogens is 258 g/mol. The monoisotopic (exact) mass is 282 g/mol. The molecule has 0 aliphatic heterocycles. The Morgan fingerprint density at radius 3 is 0.214 bits per heavy atom. The molecule has 0 heterocycles. The predicted octanol–water partition coefficient (Wildman–Crippen LogP) is -13.3. The van der Waals surface area contributed by atoms with Gasteiger partial charge in [0.1, 0.15) is 0 Å². The van der Waals surface area contributed by atoms with E-state index in [2.05, 4.69) is 0 Å². The maximum Gasteiger partial charge on any atom is 3.00 e. The second kappa shape index (κ2) is 965. The van der Waals surface area contributed by atoms with Crippen LogP contribution in [-0.4, -0.2) is 83.1 Å². The van der Waals surface area contributed by atoms with Crippen molar-refractivity contribution < 1.29 is 117 Å². The Labute approximate surface area is 133 Å². The summed E-state index contributed by atoms with van der Waals surface area (Å²) in [5, 5.41) is 0. The average Bonchev–Trinajstić information content (AvgIpc) is 0. The molecule has 0 aromatic rings. The maximum absolute atomic E-state index is 0. The van der Waals surface area contributed by atoms with E-state index in [1.807, 2.05) is 0 Å². The molecule has 14 heteroatoms. The molecule has 0 aromatic carbocycles. The van der Waals surface area contributed by atoms with Gasteiger partial charge in [-0.2, -0.15) is 0 Å². The zero-order chi connectivity index (χ0) is 0. The van der Waals surface area contributed by atoms with Crippen LogP contribution in [0.25, 0.3) is 0 Å². The summed E-state index contributed by atoms with van der Waals surface area (Å²) in [5.41, 5.74) is 0. The number of hydrogen-bond donors (Lipinski definition) is 0. The Hall–Kier alpha value is 1.69. The first-order valence-corrected chi connectivity index (χ1v) is 0. The first kappa shape index (κ1) is 1190. The Kier molecular flexibility index (Phi) is 81800. The number of hydrogen-bond acceptors (Lipinski definition) is 0. The molecule has 0 spiro atoms. The molecule has 0 atom stereocenters. The maximum atomic E-state index is 0. The van der Waals surface area contributed by atoms with Crippen molar-refractivity contribution in [3.63, 3.8) is 0 Å². The van der Waals surface area contributed by atoms with Gasteiger partial charge in [-0.15, -0.1) is 0 Å². The molecule has 0 aromatic heterocycles. The summed E-state index contributed by atoms with van der Waals surface area (Å²) in [6.07, 6.45) is 0. The van der Waals surface area contributed by atoms with Gasteiger partial charge < -0.3 is 65.7 Å². The molecule has 24 N–H and O–H groups in total. The van der Waals surface area contributed by atoms with Crippen molar-refractivity contribution in [2.24, 2.45) is 0 Å². The topological polar surface area (TPSA) is 378 Å². The van der Waals surface area contributed by atoms with Crippen LogP contribution in [-0.2, 0) is 0 Å². The average molecular weight is 282 g/mol. The van der Waals surface area contributed by atoms with E-state index < -0.39 is 0 Å². The van der Waals surface area contributed by atoms with E-state index in [9.17, 15) is 0 Å². The van der Waals surface area contributed by atoms with Gasteiger partial charge in [0.15, 0.2) is 0 Å². The summed E-state index contributed by atoms with van der Waals surface area (Å²) in [6, 6.07) is 0. The molecule has 0 fully saturated rings. The minimum atomic E-state index is 0. The van der Waals surface area contributed by atoms with Crippen LogP contribution < -0.4 is 51.4 Å². The third-order valence-electron chi connectivity index (χ3n) is 0. The van der Waals surface area contributed by atoms with Gasteiger partial charge in [0.25, 0.3) is 0 Å². The van der Waals surface area contributed by atoms with Crippen LogP contribution >= 0.6 is 0 Å². The quantitative estimate of drug-likeness (QED) is 0.373. The Morgan fingerprint density at radius 1 is 0.214 bits per heavy atom. The van der Waals surface area contributed by atoms with Gasteiger partial charge in [0, 0.05) is 0 Å². The Balaban J connectivity index is 0. The fraction of sp³-hybridized carbons (Fsp3) is 0. The molecular formula is H24AlKO12+4. The van der Waals surface area contributed by atoms with Gasteiger partial charge in [-0.3, -0.25) is 0 Å². The van der Waals surface area contributed by atoms with E-state index in [4.69, 9.17) is 0 Å². The Morgan fingerprint density at radius 2 is 0.214 bits per heavy atom. The van der Waals surface area contributed by atoms with Gasteiger partial charge in [0.2, 0.25) is 0 Å². The van der Waals surface area contributed by atoms with Crippen molar-refractivity contribution in [2.45, 2.75) is 0 Å². The molecule has 0 radical (unpaired) electrons. The van der Waals surface area contributed by atoms with Gasteiger partial charge in [-0.1, -0.05) is 0 Å². The summed E-state index contributed by atoms with van der Waals surface area (Å²) < 4.78 is 0. The van der Waals surface area contributed by atoms with Crippen LogP contribution in [0.3, 0.4) is 0 Å². The van der Waals surface area contributed by atoms with Gasteiger partial charge in [-0.25, -0.2) is 0 Å². The van der Waals surface area contributed by atoms with Crippen molar-refractivity contribution in [1.82, 2.24) is 0 Å². The molecule has 14 heavy (non-hydrogen) atoms. The minimum Gasteiger partial charge on any atom is -0.412 e. The van der Waals surface area contributed by atoms with E-state index >= 15 is 0 Å². The summed E-state index contributed by atoms with van der Waals surface area (Å²) >= 11 is 0. The normalized spacial score (nSPS) is 0. The van der Waals surface area contributed by atoms with Crippen LogP contribution in [0, 0.1) is 0 Å². The summed E-state index contributed by atoms with van der Waals surface area (Å²) in [6.45, 7) is 0. The summed E-state index contributed by atoms with van der Waals surface area (Å²) in [4.78, 5) is 0. The van der Waals surface area contributed by atoms with Gasteiger partial charge in [0.05, 0.1) is 0 Å². The van der Waals surface area contributed by atoms with E-state index in [0.29, 0.717) is 0 Å². The van der Waals surface area contributed by atoms with Crippen molar-refractivity contribution in [3.8, 4) is 0 Å². The van der Waals surface area contributed by atoms with E-state index in [0.717, 1.165) is 0 Å². The van der Waals surface area contributed by atoms with Crippen LogP contribution in [0.5, 0.6) is 0 Å². The van der Waals surface area contributed by atoms with E-state index in [1.165, 1.54) is 0 Å². The van der Waals surface area contributed by atoms with Crippen molar-refractivity contribution in [2.75, 3.05) is 0 Å². The second-order valence-electron chi connectivity index (χ2n) is 0. The molecule has 0 bridgehead atoms. The SMILES string of the molecule is O.O.O.O.O.O.O.O.O.O.O.O.[Al+3].[K+]. The van der Waals surface area contributed by atoms with Crippen LogP contribution in [0.4, 0.5) is 0 Å². The van der Waals surface area contributed by atoms with E-state index in [-0.39, 0.29) is 134 Å². The molecule has 0 unspecified atom stereocenters. The summed E-state index contributed by atoms with van der Waals surface area (Å²) in [5.74, 6) is 0. The van der Waals surface area contributed by atoms with Crippen molar-refractivity contribution in [1.29, 1.82) is 0 Å². The van der Waals surface area contributed by atoms with Gasteiger partial charge in [-0.05, 0) is 0 Å². The molecule has 12 nitrogen and oxygen atoms in total. The Bertz CT molecular complexity index is 10.3. The second-order valence-corrected chi connectivity index (χ2v) is 0. The fourth-order valence-corrected chi connectivity index (χ4v) is 0. The molecule has 0 saturated carbocycles. The largest absolute Gasteiger partial charge is 3.00 e. The third-order valence-corrected chi connectivity index (χ3v) is 0. The first-order valence-electron chi connectivity index (χ1n) is 0.